The summed E-state index contributed by atoms with van der Waals surface area (Å²) in [6.07, 6.45) is 2.84. The first-order valence-electron chi connectivity index (χ1n) is 6.79. The predicted molar refractivity (Wildman–Crippen MR) is 78.4 cm³/mol. The van der Waals surface area contributed by atoms with Gasteiger partial charge >= 0.3 is 6.09 Å². The lowest BCUT2D eigenvalue weighted by Gasteiger charge is -2.14. The van der Waals surface area contributed by atoms with Gasteiger partial charge in [0.25, 0.3) is 0 Å². The third-order valence-electron chi connectivity index (χ3n) is 4.36. The van der Waals surface area contributed by atoms with Crippen LogP contribution < -0.4 is 0 Å². The summed E-state index contributed by atoms with van der Waals surface area (Å²) in [5, 5.41) is 13.6. The fraction of sp³-hybridized carbons (Fsp3) is 0.357. The first-order chi connectivity index (χ1) is 10.1. The van der Waals surface area contributed by atoms with Crippen LogP contribution in [-0.2, 0) is 0 Å². The van der Waals surface area contributed by atoms with E-state index in [1.807, 2.05) is 24.4 Å². The van der Waals surface area contributed by atoms with Crippen LogP contribution in [-0.4, -0.2) is 44.0 Å². The molecule has 1 saturated carbocycles. The maximum atomic E-state index is 10.9. The Morgan fingerprint density at radius 3 is 2.67 bits per heavy atom. The third-order valence-corrected chi connectivity index (χ3v) is 4.83. The summed E-state index contributed by atoms with van der Waals surface area (Å²) >= 11 is 3.36. The highest BCUT2D eigenvalue weighted by molar-refractivity contribution is 9.10. The zero-order chi connectivity index (χ0) is 14.6. The van der Waals surface area contributed by atoms with Crippen molar-refractivity contribution in [2.75, 3.05) is 13.1 Å². The molecule has 4 rings (SSSR count). The fourth-order valence-electron chi connectivity index (χ4n) is 3.27. The molecule has 108 valence electrons. The highest BCUT2D eigenvalue weighted by Gasteiger charge is 2.58. The summed E-state index contributed by atoms with van der Waals surface area (Å²) in [6, 6.07) is 5.85. The van der Waals surface area contributed by atoms with E-state index in [1.54, 1.807) is 10.9 Å². The Balaban J connectivity index is 1.50. The van der Waals surface area contributed by atoms with Crippen LogP contribution in [0, 0.1) is 11.8 Å². The normalized spacial score (nSPS) is 26.7. The van der Waals surface area contributed by atoms with Crippen LogP contribution in [0.4, 0.5) is 4.79 Å². The molecule has 0 unspecified atom stereocenters. The number of amides is 1. The van der Waals surface area contributed by atoms with E-state index in [4.69, 9.17) is 5.11 Å². The van der Waals surface area contributed by atoms with Gasteiger partial charge in [-0.2, -0.15) is 5.10 Å². The maximum Gasteiger partial charge on any atom is 0.407 e. The second kappa shape index (κ2) is 4.56. The summed E-state index contributed by atoms with van der Waals surface area (Å²) in [7, 11) is 0. The van der Waals surface area contributed by atoms with Crippen LogP contribution in [0.5, 0.6) is 0 Å². The van der Waals surface area contributed by atoms with Crippen molar-refractivity contribution in [2.24, 2.45) is 11.8 Å². The zero-order valence-electron chi connectivity index (χ0n) is 11.1. The Morgan fingerprint density at radius 2 is 2.05 bits per heavy atom. The maximum absolute atomic E-state index is 10.9. The minimum Gasteiger partial charge on any atom is -0.465 e. The molecule has 2 aliphatic rings. The minimum atomic E-state index is -0.814. The number of hydrogen-bond donors (Lipinski definition) is 1. The van der Waals surface area contributed by atoms with Gasteiger partial charge in [-0.15, -0.1) is 0 Å². The quantitative estimate of drug-likeness (QED) is 0.904. The molecule has 6 nitrogen and oxygen atoms in total. The highest BCUT2D eigenvalue weighted by atomic mass is 79.9. The number of pyridine rings is 1. The molecular formula is C14H13BrN4O2. The third kappa shape index (κ3) is 2.12. The second-order valence-corrected chi connectivity index (χ2v) is 6.48. The number of halogens is 1. The van der Waals surface area contributed by atoms with Gasteiger partial charge in [0.1, 0.15) is 0 Å². The molecule has 1 aliphatic heterocycles. The molecule has 0 spiro atoms. The number of aromatic nitrogens is 3. The number of fused-ring (bicyclic) bond motifs is 1. The van der Waals surface area contributed by atoms with E-state index >= 15 is 0 Å². The van der Waals surface area contributed by atoms with E-state index in [0.717, 1.165) is 16.0 Å². The standard InChI is InChI=1S/C14H13BrN4O2/c15-8-1-2-12(16-5-8)19-4-3-11(17-19)13-9-6-18(14(20)21)7-10(9)13/h1-5,9-10,13H,6-7H2,(H,20,21)/t9-,10+,13+. The van der Waals surface area contributed by atoms with E-state index in [1.165, 1.54) is 4.90 Å². The summed E-state index contributed by atoms with van der Waals surface area (Å²) in [5.74, 6) is 2.05. The lowest BCUT2D eigenvalue weighted by Crippen LogP contribution is -2.29. The molecule has 1 aliphatic carbocycles. The van der Waals surface area contributed by atoms with E-state index < -0.39 is 6.09 Å². The number of hydrogen-bond acceptors (Lipinski definition) is 3. The minimum absolute atomic E-state index is 0.400. The summed E-state index contributed by atoms with van der Waals surface area (Å²) in [5.41, 5.74) is 1.04. The number of rotatable bonds is 2. The van der Waals surface area contributed by atoms with Crippen LogP contribution in [0.2, 0.25) is 0 Å². The van der Waals surface area contributed by atoms with E-state index in [0.29, 0.717) is 30.8 Å². The SMILES string of the molecule is O=C(O)N1C[C@@H]2[C@H](C1)[C@H]2c1ccn(-c2ccc(Br)cn2)n1. The van der Waals surface area contributed by atoms with Gasteiger partial charge in [-0.1, -0.05) is 0 Å². The Bertz CT molecular complexity index is 687. The molecule has 0 radical (unpaired) electrons. The molecular weight excluding hydrogens is 336 g/mol. The fourth-order valence-corrected chi connectivity index (χ4v) is 3.50. The average molecular weight is 349 g/mol. The Hall–Kier alpha value is -1.89. The van der Waals surface area contributed by atoms with Gasteiger partial charge in [0.15, 0.2) is 5.82 Å². The first kappa shape index (κ1) is 12.8. The van der Waals surface area contributed by atoms with E-state index in [-0.39, 0.29) is 0 Å². The Morgan fingerprint density at radius 1 is 1.29 bits per heavy atom. The van der Waals surface area contributed by atoms with E-state index in [9.17, 15) is 4.79 Å². The van der Waals surface area contributed by atoms with Crippen molar-refractivity contribution in [3.63, 3.8) is 0 Å². The van der Waals surface area contributed by atoms with E-state index in [2.05, 4.69) is 26.0 Å². The van der Waals surface area contributed by atoms with Gasteiger partial charge in [-0.3, -0.25) is 0 Å². The van der Waals surface area contributed by atoms with Crippen LogP contribution >= 0.6 is 15.9 Å². The summed E-state index contributed by atoms with van der Waals surface area (Å²) in [6.45, 7) is 1.27. The smallest absolute Gasteiger partial charge is 0.407 e. The van der Waals surface area contributed by atoms with Crippen molar-refractivity contribution >= 4 is 22.0 Å². The number of nitrogens with zero attached hydrogens (tertiary/aromatic N) is 4. The molecule has 7 heteroatoms. The lowest BCUT2D eigenvalue weighted by atomic mass is 10.2. The molecule has 2 aromatic rings. The topological polar surface area (TPSA) is 71.2 Å². The monoisotopic (exact) mass is 348 g/mol. The zero-order valence-corrected chi connectivity index (χ0v) is 12.6. The second-order valence-electron chi connectivity index (χ2n) is 5.56. The molecule has 3 atom stereocenters. The van der Waals surface area contributed by atoms with Crippen LogP contribution in [0.25, 0.3) is 5.82 Å². The molecule has 1 amide bonds. The average Bonchev–Trinajstić information content (AvgIpc) is 2.87. The number of carboxylic acid groups (broad SMARTS) is 1. The Kier molecular flexibility index (Phi) is 2.78. The van der Waals surface area contributed by atoms with Crippen molar-refractivity contribution in [1.82, 2.24) is 19.7 Å². The lowest BCUT2D eigenvalue weighted by molar-refractivity contribution is 0.150. The first-order valence-corrected chi connectivity index (χ1v) is 7.58. The molecule has 0 aromatic carbocycles. The van der Waals surface area contributed by atoms with Gasteiger partial charge in [0, 0.05) is 35.9 Å². The van der Waals surface area contributed by atoms with Crippen molar-refractivity contribution in [1.29, 1.82) is 0 Å². The number of carbonyl (C=O) groups is 1. The number of piperidine rings is 1. The van der Waals surface area contributed by atoms with Crippen LogP contribution in [0.3, 0.4) is 0 Å². The summed E-state index contributed by atoms with van der Waals surface area (Å²) < 4.78 is 2.70. The predicted octanol–water partition coefficient (Wildman–Crippen LogP) is 2.35. The molecule has 2 fully saturated rings. The van der Waals surface area contributed by atoms with Gasteiger partial charge in [-0.05, 0) is 46.0 Å². The highest BCUT2D eigenvalue weighted by Crippen LogP contribution is 2.57. The van der Waals surface area contributed by atoms with Gasteiger partial charge in [0.2, 0.25) is 0 Å². The van der Waals surface area contributed by atoms with Crippen molar-refractivity contribution < 1.29 is 9.90 Å². The molecule has 21 heavy (non-hydrogen) atoms. The van der Waals surface area contributed by atoms with Crippen molar-refractivity contribution in [3.8, 4) is 5.82 Å². The molecule has 0 bridgehead atoms. The van der Waals surface area contributed by atoms with Gasteiger partial charge in [0.05, 0.1) is 5.69 Å². The van der Waals surface area contributed by atoms with Crippen molar-refractivity contribution in [2.45, 2.75) is 5.92 Å². The van der Waals surface area contributed by atoms with Gasteiger partial charge in [-0.25, -0.2) is 14.5 Å². The molecule has 2 aromatic heterocycles. The Labute approximate surface area is 129 Å². The van der Waals surface area contributed by atoms with Crippen LogP contribution in [0.15, 0.2) is 35.1 Å². The molecule has 1 saturated heterocycles. The number of likely N-dealkylation sites (tertiary alicyclic amines) is 1. The molecule has 1 N–H and O–H groups in total. The van der Waals surface area contributed by atoms with Crippen molar-refractivity contribution in [3.05, 3.63) is 40.8 Å². The summed E-state index contributed by atoms with van der Waals surface area (Å²) in [4.78, 5) is 16.7. The van der Waals surface area contributed by atoms with Gasteiger partial charge < -0.3 is 10.0 Å². The van der Waals surface area contributed by atoms with Crippen LogP contribution in [0.1, 0.15) is 11.6 Å². The largest absolute Gasteiger partial charge is 0.465 e. The molecule has 3 heterocycles.